The summed E-state index contributed by atoms with van der Waals surface area (Å²) in [6.45, 7) is 6.75. The lowest BCUT2D eigenvalue weighted by Crippen LogP contribution is -2.12. The third kappa shape index (κ3) is 5.45. The van der Waals surface area contributed by atoms with Gasteiger partial charge in [-0.3, -0.25) is 0 Å². The van der Waals surface area contributed by atoms with Crippen molar-refractivity contribution in [2.45, 2.75) is 39.0 Å². The van der Waals surface area contributed by atoms with Crippen molar-refractivity contribution in [3.8, 4) is 0 Å². The van der Waals surface area contributed by atoms with Gasteiger partial charge in [0.25, 0.3) is 0 Å². The lowest BCUT2D eigenvalue weighted by molar-refractivity contribution is 0.132. The lowest BCUT2D eigenvalue weighted by Gasteiger charge is -2.09. The molecule has 19 heavy (non-hydrogen) atoms. The number of nitrogens with one attached hydrogen (secondary N) is 1. The van der Waals surface area contributed by atoms with Crippen molar-refractivity contribution in [2.24, 2.45) is 5.92 Å². The topological polar surface area (TPSA) is 47.0 Å². The third-order valence-corrected chi connectivity index (χ3v) is 3.45. The summed E-state index contributed by atoms with van der Waals surface area (Å²) < 4.78 is 6.42. The van der Waals surface area contributed by atoms with Crippen LogP contribution in [0.3, 0.4) is 0 Å². The van der Waals surface area contributed by atoms with Crippen molar-refractivity contribution >= 4 is 21.7 Å². The van der Waals surface area contributed by atoms with Gasteiger partial charge >= 0.3 is 0 Å². The highest BCUT2D eigenvalue weighted by atomic mass is 79.9. The number of rotatable bonds is 8. The second kappa shape index (κ2) is 7.20. The van der Waals surface area contributed by atoms with Crippen molar-refractivity contribution in [1.29, 1.82) is 0 Å². The molecule has 1 aromatic rings. The van der Waals surface area contributed by atoms with Crippen LogP contribution in [0.4, 0.5) is 5.82 Å². The average Bonchev–Trinajstić information content (AvgIpc) is 3.16. The van der Waals surface area contributed by atoms with Crippen molar-refractivity contribution < 1.29 is 4.74 Å². The summed E-state index contributed by atoms with van der Waals surface area (Å²) in [4.78, 5) is 8.94. The quantitative estimate of drug-likeness (QED) is 0.585. The molecule has 1 aromatic heterocycles. The molecule has 0 aromatic carbocycles. The molecule has 0 radical (unpaired) electrons. The molecule has 5 heteroatoms. The highest BCUT2D eigenvalue weighted by Gasteiger charge is 2.27. The molecule has 1 fully saturated rings. The monoisotopic (exact) mass is 327 g/mol. The van der Waals surface area contributed by atoms with Gasteiger partial charge in [0.05, 0.1) is 6.61 Å². The molecule has 0 aliphatic heterocycles. The van der Waals surface area contributed by atoms with E-state index in [1.807, 2.05) is 6.07 Å². The van der Waals surface area contributed by atoms with Crippen LogP contribution in [0.15, 0.2) is 10.7 Å². The van der Waals surface area contributed by atoms with Crippen LogP contribution in [-0.4, -0.2) is 29.7 Å². The average molecular weight is 328 g/mol. The number of aromatic nitrogens is 2. The Labute approximate surface area is 123 Å². The number of halogens is 1. The van der Waals surface area contributed by atoms with E-state index in [0.29, 0.717) is 18.4 Å². The molecule has 1 aliphatic rings. The first-order valence-electron chi connectivity index (χ1n) is 7.01. The Kier molecular flexibility index (Phi) is 5.58. The molecule has 0 bridgehead atoms. The van der Waals surface area contributed by atoms with E-state index in [2.05, 4.69) is 45.1 Å². The molecule has 0 amide bonds. The van der Waals surface area contributed by atoms with Crippen molar-refractivity contribution in [2.75, 3.05) is 25.1 Å². The zero-order valence-electron chi connectivity index (χ0n) is 11.7. The molecule has 0 unspecified atom stereocenters. The van der Waals surface area contributed by atoms with E-state index in [1.54, 1.807) is 0 Å². The predicted molar refractivity (Wildman–Crippen MR) is 80.5 cm³/mol. The van der Waals surface area contributed by atoms with Crippen LogP contribution < -0.4 is 5.32 Å². The van der Waals surface area contributed by atoms with E-state index < -0.39 is 0 Å². The van der Waals surface area contributed by atoms with Crippen LogP contribution in [-0.2, 0) is 4.74 Å². The summed E-state index contributed by atoms with van der Waals surface area (Å²) >= 11 is 3.44. The smallest absolute Gasteiger partial charge is 0.135 e. The number of nitrogens with zero attached hydrogens (tertiary/aromatic N) is 2. The highest BCUT2D eigenvalue weighted by molar-refractivity contribution is 9.10. The van der Waals surface area contributed by atoms with Crippen LogP contribution in [0.1, 0.15) is 44.9 Å². The first kappa shape index (κ1) is 14.7. The van der Waals surface area contributed by atoms with Crippen LogP contribution in [0.2, 0.25) is 0 Å². The summed E-state index contributed by atoms with van der Waals surface area (Å²) in [5.74, 6) is 3.11. The van der Waals surface area contributed by atoms with E-state index in [-0.39, 0.29) is 0 Å². The zero-order chi connectivity index (χ0) is 13.7. The number of ether oxygens (including phenoxy) is 1. The Morgan fingerprint density at radius 1 is 1.37 bits per heavy atom. The normalized spacial score (nSPS) is 14.9. The Morgan fingerprint density at radius 2 is 2.16 bits per heavy atom. The Balaban J connectivity index is 1.70. The fraction of sp³-hybridized carbons (Fsp3) is 0.714. The minimum absolute atomic E-state index is 0.570. The molecule has 1 N–H and O–H groups in total. The first-order valence-corrected chi connectivity index (χ1v) is 7.80. The molecule has 0 saturated heterocycles. The van der Waals surface area contributed by atoms with E-state index in [0.717, 1.165) is 35.8 Å². The minimum Gasteiger partial charge on any atom is -0.380 e. The van der Waals surface area contributed by atoms with Gasteiger partial charge < -0.3 is 10.1 Å². The Hall–Kier alpha value is -0.680. The maximum Gasteiger partial charge on any atom is 0.135 e. The van der Waals surface area contributed by atoms with E-state index in [1.165, 1.54) is 12.8 Å². The van der Waals surface area contributed by atoms with Crippen molar-refractivity contribution in [3.63, 3.8) is 0 Å². The van der Waals surface area contributed by atoms with Crippen LogP contribution >= 0.6 is 15.9 Å². The van der Waals surface area contributed by atoms with Gasteiger partial charge in [-0.15, -0.1) is 0 Å². The van der Waals surface area contributed by atoms with Gasteiger partial charge in [0.1, 0.15) is 16.2 Å². The number of hydrogen-bond acceptors (Lipinski definition) is 4. The van der Waals surface area contributed by atoms with Crippen LogP contribution in [0.5, 0.6) is 0 Å². The Bertz CT molecular complexity index is 408. The third-order valence-electron chi connectivity index (χ3n) is 3.05. The zero-order valence-corrected chi connectivity index (χ0v) is 13.2. The summed E-state index contributed by atoms with van der Waals surface area (Å²) in [5, 5.41) is 3.29. The summed E-state index contributed by atoms with van der Waals surface area (Å²) in [5.41, 5.74) is 0. The lowest BCUT2D eigenvalue weighted by atomic mass is 10.1. The van der Waals surface area contributed by atoms with E-state index in [9.17, 15) is 0 Å². The molecule has 1 saturated carbocycles. The molecule has 4 nitrogen and oxygen atoms in total. The van der Waals surface area contributed by atoms with Crippen molar-refractivity contribution in [3.05, 3.63) is 16.5 Å². The second-order valence-electron chi connectivity index (χ2n) is 5.43. The van der Waals surface area contributed by atoms with Gasteiger partial charge in [0.2, 0.25) is 0 Å². The maximum atomic E-state index is 5.57. The number of anilines is 1. The highest BCUT2D eigenvalue weighted by Crippen LogP contribution is 2.38. The first-order chi connectivity index (χ1) is 9.15. The van der Waals surface area contributed by atoms with Crippen LogP contribution in [0, 0.1) is 5.92 Å². The van der Waals surface area contributed by atoms with Gasteiger partial charge in [-0.25, -0.2) is 9.97 Å². The second-order valence-corrected chi connectivity index (χ2v) is 6.24. The Morgan fingerprint density at radius 3 is 2.84 bits per heavy atom. The van der Waals surface area contributed by atoms with Gasteiger partial charge in [-0.05, 0) is 41.1 Å². The molecule has 0 atom stereocenters. The van der Waals surface area contributed by atoms with Gasteiger partial charge in [0.15, 0.2) is 0 Å². The molecule has 2 rings (SSSR count). The molecule has 1 heterocycles. The molecular formula is C14H22BrN3O. The summed E-state index contributed by atoms with van der Waals surface area (Å²) in [6.07, 6.45) is 3.55. The standard InChI is InChI=1S/C14H22BrN3O/c1-10(2)5-7-19-8-6-16-13-9-12(15)17-14(18-13)11-3-4-11/h9-11H,3-8H2,1-2H3,(H,16,17,18). The van der Waals surface area contributed by atoms with E-state index >= 15 is 0 Å². The van der Waals surface area contributed by atoms with Gasteiger partial charge in [0, 0.05) is 25.1 Å². The van der Waals surface area contributed by atoms with Crippen LogP contribution in [0.25, 0.3) is 0 Å². The summed E-state index contributed by atoms with van der Waals surface area (Å²) in [6, 6.07) is 1.92. The summed E-state index contributed by atoms with van der Waals surface area (Å²) in [7, 11) is 0. The molecule has 106 valence electrons. The molecule has 1 aliphatic carbocycles. The number of hydrogen-bond donors (Lipinski definition) is 1. The molecule has 0 spiro atoms. The minimum atomic E-state index is 0.570. The predicted octanol–water partition coefficient (Wildman–Crippen LogP) is 3.59. The fourth-order valence-electron chi connectivity index (χ4n) is 1.72. The van der Waals surface area contributed by atoms with Crippen molar-refractivity contribution in [1.82, 2.24) is 9.97 Å². The van der Waals surface area contributed by atoms with Gasteiger partial charge in [-0.1, -0.05) is 13.8 Å². The molecular weight excluding hydrogens is 306 g/mol. The van der Waals surface area contributed by atoms with Gasteiger partial charge in [-0.2, -0.15) is 0 Å². The largest absolute Gasteiger partial charge is 0.380 e. The SMILES string of the molecule is CC(C)CCOCCNc1cc(Br)nc(C2CC2)n1. The van der Waals surface area contributed by atoms with E-state index in [4.69, 9.17) is 4.74 Å². The maximum absolute atomic E-state index is 5.57. The fourth-order valence-corrected chi connectivity index (χ4v) is 2.12.